The van der Waals surface area contributed by atoms with Crippen LogP contribution in [0.2, 0.25) is 0 Å². The molecule has 2 saturated heterocycles. The summed E-state index contributed by atoms with van der Waals surface area (Å²) in [4.78, 5) is 21.7. The van der Waals surface area contributed by atoms with Crippen molar-refractivity contribution in [2.24, 2.45) is 11.8 Å². The van der Waals surface area contributed by atoms with Gasteiger partial charge >= 0.3 is 0 Å². The number of pyridine rings is 1. The van der Waals surface area contributed by atoms with Gasteiger partial charge in [-0.3, -0.25) is 14.7 Å². The van der Waals surface area contributed by atoms with E-state index in [2.05, 4.69) is 9.88 Å². The van der Waals surface area contributed by atoms with Crippen molar-refractivity contribution in [1.82, 2.24) is 14.8 Å². The van der Waals surface area contributed by atoms with Crippen molar-refractivity contribution in [3.05, 3.63) is 30.1 Å². The van der Waals surface area contributed by atoms with Gasteiger partial charge in [0.1, 0.15) is 0 Å². The molecule has 4 heteroatoms. The zero-order chi connectivity index (χ0) is 14.2. The molecule has 2 aliphatic heterocycles. The van der Waals surface area contributed by atoms with Gasteiger partial charge in [-0.2, -0.15) is 0 Å². The van der Waals surface area contributed by atoms with Gasteiger partial charge < -0.3 is 4.90 Å². The van der Waals surface area contributed by atoms with Gasteiger partial charge in [-0.1, -0.05) is 6.07 Å². The largest absolute Gasteiger partial charge is 0.335 e. The van der Waals surface area contributed by atoms with E-state index < -0.39 is 0 Å². The van der Waals surface area contributed by atoms with Crippen LogP contribution in [0.15, 0.2) is 24.4 Å². The van der Waals surface area contributed by atoms with E-state index in [4.69, 9.17) is 0 Å². The van der Waals surface area contributed by atoms with Crippen LogP contribution in [0, 0.1) is 11.8 Å². The molecule has 0 radical (unpaired) electrons. The minimum atomic E-state index is 0.141. The number of nitrogens with zero attached hydrogens (tertiary/aromatic N) is 3. The molecule has 0 unspecified atom stereocenters. The fourth-order valence-electron chi connectivity index (χ4n) is 3.80. The number of hydrogen-bond donors (Lipinski definition) is 0. The van der Waals surface area contributed by atoms with Crippen LogP contribution in [-0.2, 0) is 11.3 Å². The molecular formula is C17H23N3O. The molecule has 1 aromatic heterocycles. The second kappa shape index (κ2) is 5.41. The molecular weight excluding hydrogens is 262 g/mol. The highest BCUT2D eigenvalue weighted by Gasteiger charge is 2.42. The summed E-state index contributed by atoms with van der Waals surface area (Å²) in [6.07, 6.45) is 6.85. The number of piperidine rings is 2. The van der Waals surface area contributed by atoms with Gasteiger partial charge in [-0.25, -0.2) is 0 Å². The van der Waals surface area contributed by atoms with E-state index in [0.717, 1.165) is 37.7 Å². The van der Waals surface area contributed by atoms with Crippen molar-refractivity contribution in [3.63, 3.8) is 0 Å². The molecule has 1 aliphatic carbocycles. The van der Waals surface area contributed by atoms with Gasteiger partial charge in [-0.15, -0.1) is 0 Å². The molecule has 3 aliphatic rings. The van der Waals surface area contributed by atoms with Crippen molar-refractivity contribution >= 4 is 5.91 Å². The number of fused-ring (bicyclic) bond motifs is 2. The molecule has 2 bridgehead atoms. The molecule has 1 amide bonds. The maximum Gasteiger partial charge on any atom is 0.240 e. The van der Waals surface area contributed by atoms with Crippen LogP contribution in [0.25, 0.3) is 0 Å². The fourth-order valence-corrected chi connectivity index (χ4v) is 3.80. The number of carbonyl (C=O) groups is 1. The lowest BCUT2D eigenvalue weighted by molar-refractivity contribution is -0.146. The van der Waals surface area contributed by atoms with Crippen molar-refractivity contribution < 1.29 is 4.79 Å². The molecule has 1 aromatic rings. The third kappa shape index (κ3) is 2.82. The Kier molecular flexibility index (Phi) is 3.42. The first-order valence-electron chi connectivity index (χ1n) is 8.22. The third-order valence-electron chi connectivity index (χ3n) is 5.17. The monoisotopic (exact) mass is 285 g/mol. The number of hydrogen-bond acceptors (Lipinski definition) is 3. The van der Waals surface area contributed by atoms with E-state index in [1.807, 2.05) is 29.3 Å². The van der Waals surface area contributed by atoms with E-state index in [1.165, 1.54) is 19.3 Å². The first-order valence-corrected chi connectivity index (χ1v) is 8.22. The van der Waals surface area contributed by atoms with Crippen LogP contribution < -0.4 is 0 Å². The summed E-state index contributed by atoms with van der Waals surface area (Å²) in [6.45, 7) is 3.85. The molecule has 21 heavy (non-hydrogen) atoms. The Morgan fingerprint density at radius 3 is 2.90 bits per heavy atom. The molecule has 112 valence electrons. The van der Waals surface area contributed by atoms with Crippen LogP contribution >= 0.6 is 0 Å². The smallest absolute Gasteiger partial charge is 0.240 e. The van der Waals surface area contributed by atoms with Crippen molar-refractivity contribution in [3.8, 4) is 0 Å². The predicted molar refractivity (Wildman–Crippen MR) is 80.5 cm³/mol. The van der Waals surface area contributed by atoms with Crippen LogP contribution in [0.1, 0.15) is 31.4 Å². The van der Waals surface area contributed by atoms with Gasteiger partial charge in [-0.05, 0) is 56.2 Å². The maximum atomic E-state index is 12.8. The van der Waals surface area contributed by atoms with E-state index in [0.29, 0.717) is 18.4 Å². The lowest BCUT2D eigenvalue weighted by Crippen LogP contribution is -2.58. The van der Waals surface area contributed by atoms with Gasteiger partial charge in [0.05, 0.1) is 18.3 Å². The summed E-state index contributed by atoms with van der Waals surface area (Å²) < 4.78 is 0. The summed E-state index contributed by atoms with van der Waals surface area (Å²) in [6, 6.07) is 6.08. The quantitative estimate of drug-likeness (QED) is 0.848. The van der Waals surface area contributed by atoms with Gasteiger partial charge in [0.2, 0.25) is 5.91 Å². The number of rotatable bonds is 4. The van der Waals surface area contributed by atoms with Crippen molar-refractivity contribution in [2.45, 2.75) is 38.3 Å². The molecule has 2 atom stereocenters. The summed E-state index contributed by atoms with van der Waals surface area (Å²) in [5.41, 5.74) is 1.000. The van der Waals surface area contributed by atoms with Crippen LogP contribution in [0.5, 0.6) is 0 Å². The Balaban J connectivity index is 1.47. The number of likely N-dealkylation sites (tertiary alicyclic amines) is 2. The molecule has 0 aromatic carbocycles. The Morgan fingerprint density at radius 1 is 1.24 bits per heavy atom. The van der Waals surface area contributed by atoms with E-state index in [-0.39, 0.29) is 6.04 Å². The van der Waals surface area contributed by atoms with Crippen LogP contribution in [0.4, 0.5) is 0 Å². The normalized spacial score (nSPS) is 29.7. The minimum Gasteiger partial charge on any atom is -0.335 e. The summed E-state index contributed by atoms with van der Waals surface area (Å²) in [5.74, 6) is 1.88. The zero-order valence-corrected chi connectivity index (χ0v) is 12.4. The number of aromatic nitrogens is 1. The zero-order valence-electron chi connectivity index (χ0n) is 12.4. The second-order valence-corrected chi connectivity index (χ2v) is 6.88. The topological polar surface area (TPSA) is 36.4 Å². The van der Waals surface area contributed by atoms with E-state index in [9.17, 15) is 4.79 Å². The Hall–Kier alpha value is -1.42. The Labute approximate surface area is 126 Å². The van der Waals surface area contributed by atoms with Crippen molar-refractivity contribution in [1.29, 1.82) is 0 Å². The SMILES string of the molecule is O=C1[C@H]2C[C@H](CCN2CC2CC2)CN1Cc1ccccn1. The average Bonchev–Trinajstić information content (AvgIpc) is 3.32. The molecule has 1 saturated carbocycles. The molecule has 4 rings (SSSR count). The van der Waals surface area contributed by atoms with E-state index >= 15 is 0 Å². The highest BCUT2D eigenvalue weighted by molar-refractivity contribution is 5.83. The van der Waals surface area contributed by atoms with Gasteiger partial charge in [0, 0.05) is 19.3 Å². The second-order valence-electron chi connectivity index (χ2n) is 6.88. The Bertz CT molecular complexity index is 514. The molecule has 3 heterocycles. The van der Waals surface area contributed by atoms with Gasteiger partial charge in [0.15, 0.2) is 0 Å². The lowest BCUT2D eigenvalue weighted by atomic mass is 9.85. The number of carbonyl (C=O) groups excluding carboxylic acids is 1. The predicted octanol–water partition coefficient (Wildman–Crippen LogP) is 1.91. The van der Waals surface area contributed by atoms with E-state index in [1.54, 1.807) is 0 Å². The molecule has 3 fully saturated rings. The summed E-state index contributed by atoms with van der Waals surface area (Å²) in [7, 11) is 0. The highest BCUT2D eigenvalue weighted by Crippen LogP contribution is 2.35. The Morgan fingerprint density at radius 2 is 2.14 bits per heavy atom. The maximum absolute atomic E-state index is 12.8. The number of amides is 1. The third-order valence-corrected chi connectivity index (χ3v) is 5.17. The van der Waals surface area contributed by atoms with Crippen LogP contribution in [0.3, 0.4) is 0 Å². The van der Waals surface area contributed by atoms with Crippen molar-refractivity contribution in [2.75, 3.05) is 19.6 Å². The molecule has 4 nitrogen and oxygen atoms in total. The lowest BCUT2D eigenvalue weighted by Gasteiger charge is -2.46. The summed E-state index contributed by atoms with van der Waals surface area (Å²) in [5, 5.41) is 0. The minimum absolute atomic E-state index is 0.141. The standard InChI is InChI=1S/C17H23N3O/c21-17-16-9-14(6-8-19(16)10-13-4-5-13)11-20(17)12-15-3-1-2-7-18-15/h1-3,7,13-14,16H,4-6,8-12H2/t14-,16+/m0/s1. The first kappa shape index (κ1) is 13.3. The van der Waals surface area contributed by atoms with Crippen LogP contribution in [-0.4, -0.2) is 46.4 Å². The highest BCUT2D eigenvalue weighted by atomic mass is 16.2. The molecule has 0 N–H and O–H groups in total. The van der Waals surface area contributed by atoms with Gasteiger partial charge in [0.25, 0.3) is 0 Å². The first-order chi connectivity index (χ1) is 10.3. The average molecular weight is 285 g/mol. The fraction of sp³-hybridized carbons (Fsp3) is 0.647. The summed E-state index contributed by atoms with van der Waals surface area (Å²) >= 11 is 0. The molecule has 0 spiro atoms.